The van der Waals surface area contributed by atoms with Gasteiger partial charge in [-0.3, -0.25) is 4.79 Å². The SMILES string of the molecule is CCC(C)N(CCC(=O)NC1CCCc2ccccc21)C(=O)Nc1ccc(Cl)cc1. The van der Waals surface area contributed by atoms with Gasteiger partial charge in [0.2, 0.25) is 5.91 Å². The van der Waals surface area contributed by atoms with E-state index in [0.29, 0.717) is 17.3 Å². The van der Waals surface area contributed by atoms with E-state index in [1.54, 1.807) is 29.2 Å². The second-order valence-electron chi connectivity index (χ2n) is 7.85. The number of aryl methyl sites for hydroxylation is 1. The molecule has 1 aliphatic rings. The monoisotopic (exact) mass is 427 g/mol. The van der Waals surface area contributed by atoms with E-state index < -0.39 is 0 Å². The van der Waals surface area contributed by atoms with Gasteiger partial charge in [-0.1, -0.05) is 42.8 Å². The Morgan fingerprint density at radius 2 is 1.90 bits per heavy atom. The van der Waals surface area contributed by atoms with Crippen LogP contribution in [-0.2, 0) is 11.2 Å². The summed E-state index contributed by atoms with van der Waals surface area (Å²) < 4.78 is 0. The van der Waals surface area contributed by atoms with Crippen molar-refractivity contribution in [1.82, 2.24) is 10.2 Å². The van der Waals surface area contributed by atoms with E-state index in [0.717, 1.165) is 25.7 Å². The molecule has 0 spiro atoms. The molecule has 2 unspecified atom stereocenters. The molecule has 2 atom stereocenters. The fourth-order valence-corrected chi connectivity index (χ4v) is 3.99. The predicted octanol–water partition coefficient (Wildman–Crippen LogP) is 5.56. The first kappa shape index (κ1) is 22.2. The summed E-state index contributed by atoms with van der Waals surface area (Å²) in [5.74, 6) is -0.0238. The van der Waals surface area contributed by atoms with Crippen LogP contribution in [0.2, 0.25) is 5.02 Å². The highest BCUT2D eigenvalue weighted by Gasteiger charge is 2.23. The summed E-state index contributed by atoms with van der Waals surface area (Å²) >= 11 is 5.91. The van der Waals surface area contributed by atoms with Crippen LogP contribution in [0.4, 0.5) is 10.5 Å². The van der Waals surface area contributed by atoms with Crippen molar-refractivity contribution in [3.8, 4) is 0 Å². The minimum atomic E-state index is -0.206. The summed E-state index contributed by atoms with van der Waals surface area (Å²) in [6.45, 7) is 4.40. The van der Waals surface area contributed by atoms with Crippen LogP contribution >= 0.6 is 11.6 Å². The fraction of sp³-hybridized carbons (Fsp3) is 0.417. The minimum Gasteiger partial charge on any atom is -0.349 e. The maximum atomic E-state index is 12.8. The van der Waals surface area contributed by atoms with E-state index in [4.69, 9.17) is 11.6 Å². The molecule has 5 nitrogen and oxygen atoms in total. The third kappa shape index (κ3) is 5.76. The number of amides is 3. The minimum absolute atomic E-state index is 0.0238. The molecule has 3 amide bonds. The second kappa shape index (κ2) is 10.5. The maximum absolute atomic E-state index is 12.8. The normalized spacial score (nSPS) is 16.3. The Bertz CT molecular complexity index is 869. The smallest absolute Gasteiger partial charge is 0.322 e. The number of fused-ring (bicyclic) bond motifs is 1. The zero-order valence-electron chi connectivity index (χ0n) is 17.7. The molecule has 0 radical (unpaired) electrons. The van der Waals surface area contributed by atoms with Gasteiger partial charge < -0.3 is 15.5 Å². The van der Waals surface area contributed by atoms with Gasteiger partial charge in [0.1, 0.15) is 0 Å². The lowest BCUT2D eigenvalue weighted by Crippen LogP contribution is -2.43. The van der Waals surface area contributed by atoms with Crippen molar-refractivity contribution in [3.63, 3.8) is 0 Å². The van der Waals surface area contributed by atoms with Crippen molar-refractivity contribution >= 4 is 29.2 Å². The molecule has 1 aliphatic carbocycles. The molecule has 0 saturated heterocycles. The number of rotatable bonds is 7. The predicted molar refractivity (Wildman–Crippen MR) is 122 cm³/mol. The van der Waals surface area contributed by atoms with E-state index in [2.05, 4.69) is 22.8 Å². The number of hydrogen-bond acceptors (Lipinski definition) is 2. The zero-order chi connectivity index (χ0) is 21.5. The van der Waals surface area contributed by atoms with Gasteiger partial charge in [-0.25, -0.2) is 4.79 Å². The zero-order valence-corrected chi connectivity index (χ0v) is 18.4. The Balaban J connectivity index is 1.58. The van der Waals surface area contributed by atoms with Gasteiger partial charge >= 0.3 is 6.03 Å². The first-order valence-electron chi connectivity index (χ1n) is 10.7. The van der Waals surface area contributed by atoms with Crippen LogP contribution in [0, 0.1) is 0 Å². The summed E-state index contributed by atoms with van der Waals surface area (Å²) in [5.41, 5.74) is 3.22. The van der Waals surface area contributed by atoms with Crippen LogP contribution in [-0.4, -0.2) is 29.4 Å². The molecule has 30 heavy (non-hydrogen) atoms. The van der Waals surface area contributed by atoms with Gasteiger partial charge in [0.15, 0.2) is 0 Å². The third-order valence-electron chi connectivity index (χ3n) is 5.76. The van der Waals surface area contributed by atoms with Crippen molar-refractivity contribution in [2.45, 2.75) is 58.0 Å². The van der Waals surface area contributed by atoms with Crippen LogP contribution in [0.1, 0.15) is 56.7 Å². The Hall–Kier alpha value is -2.53. The van der Waals surface area contributed by atoms with E-state index >= 15 is 0 Å². The van der Waals surface area contributed by atoms with Crippen LogP contribution in [0.15, 0.2) is 48.5 Å². The lowest BCUT2D eigenvalue weighted by atomic mass is 9.87. The Kier molecular flexibility index (Phi) is 7.75. The molecule has 0 aromatic heterocycles. The molecule has 2 N–H and O–H groups in total. The molecule has 0 saturated carbocycles. The van der Waals surface area contributed by atoms with Gasteiger partial charge in [0.05, 0.1) is 6.04 Å². The highest BCUT2D eigenvalue weighted by atomic mass is 35.5. The molecule has 0 heterocycles. The van der Waals surface area contributed by atoms with Gasteiger partial charge in [-0.15, -0.1) is 0 Å². The van der Waals surface area contributed by atoms with E-state index in [9.17, 15) is 9.59 Å². The first-order valence-corrected chi connectivity index (χ1v) is 11.1. The third-order valence-corrected chi connectivity index (χ3v) is 6.02. The molecule has 3 rings (SSSR count). The van der Waals surface area contributed by atoms with Gasteiger partial charge in [-0.05, 0) is 68.0 Å². The van der Waals surface area contributed by atoms with Crippen LogP contribution in [0.5, 0.6) is 0 Å². The van der Waals surface area contributed by atoms with E-state index in [-0.39, 0.29) is 30.4 Å². The summed E-state index contributed by atoms with van der Waals surface area (Å²) in [4.78, 5) is 27.2. The lowest BCUT2D eigenvalue weighted by Gasteiger charge is -2.30. The van der Waals surface area contributed by atoms with Crippen molar-refractivity contribution in [3.05, 3.63) is 64.7 Å². The molecule has 0 bridgehead atoms. The first-order chi connectivity index (χ1) is 14.5. The topological polar surface area (TPSA) is 61.4 Å². The second-order valence-corrected chi connectivity index (χ2v) is 8.29. The molecule has 2 aromatic rings. The molecule has 6 heteroatoms. The Morgan fingerprint density at radius 1 is 1.17 bits per heavy atom. The molecule has 160 valence electrons. The number of halogens is 1. The van der Waals surface area contributed by atoms with Crippen molar-refractivity contribution < 1.29 is 9.59 Å². The highest BCUT2D eigenvalue weighted by Crippen LogP contribution is 2.29. The number of nitrogens with one attached hydrogen (secondary N) is 2. The van der Waals surface area contributed by atoms with Gasteiger partial charge in [0, 0.05) is 29.7 Å². The van der Waals surface area contributed by atoms with Crippen molar-refractivity contribution in [2.75, 3.05) is 11.9 Å². The largest absolute Gasteiger partial charge is 0.349 e. The molecule has 2 aromatic carbocycles. The number of carbonyl (C=O) groups is 2. The molecule has 0 fully saturated rings. The number of urea groups is 1. The van der Waals surface area contributed by atoms with Crippen LogP contribution in [0.25, 0.3) is 0 Å². The number of benzene rings is 2. The number of hydrogen-bond donors (Lipinski definition) is 2. The lowest BCUT2D eigenvalue weighted by molar-refractivity contribution is -0.122. The van der Waals surface area contributed by atoms with Crippen LogP contribution in [0.3, 0.4) is 0 Å². The van der Waals surface area contributed by atoms with Crippen molar-refractivity contribution in [1.29, 1.82) is 0 Å². The van der Waals surface area contributed by atoms with Crippen LogP contribution < -0.4 is 10.6 Å². The number of anilines is 1. The summed E-state index contributed by atoms with van der Waals surface area (Å²) in [7, 11) is 0. The molecule has 0 aliphatic heterocycles. The Morgan fingerprint density at radius 3 is 2.63 bits per heavy atom. The van der Waals surface area contributed by atoms with E-state index in [1.165, 1.54) is 11.1 Å². The summed E-state index contributed by atoms with van der Waals surface area (Å²) in [5, 5.41) is 6.69. The maximum Gasteiger partial charge on any atom is 0.322 e. The fourth-order valence-electron chi connectivity index (χ4n) is 3.86. The number of nitrogens with zero attached hydrogens (tertiary/aromatic N) is 1. The Labute approximate surface area is 183 Å². The average molecular weight is 428 g/mol. The summed E-state index contributed by atoms with van der Waals surface area (Å²) in [6, 6.07) is 15.2. The van der Waals surface area contributed by atoms with Crippen molar-refractivity contribution in [2.24, 2.45) is 0 Å². The van der Waals surface area contributed by atoms with Gasteiger partial charge in [-0.2, -0.15) is 0 Å². The average Bonchev–Trinajstić information content (AvgIpc) is 2.75. The molecular weight excluding hydrogens is 398 g/mol. The van der Waals surface area contributed by atoms with E-state index in [1.807, 2.05) is 26.0 Å². The standard InChI is InChI=1S/C24H30ClN3O2/c1-3-17(2)28(24(30)26-20-13-11-19(25)12-14-20)16-15-23(29)27-22-10-6-8-18-7-4-5-9-21(18)22/h4-5,7,9,11-14,17,22H,3,6,8,10,15-16H2,1-2H3,(H,26,30)(H,27,29). The van der Waals surface area contributed by atoms with Gasteiger partial charge in [0.25, 0.3) is 0 Å². The summed E-state index contributed by atoms with van der Waals surface area (Å²) in [6.07, 6.45) is 4.18. The quantitative estimate of drug-likeness (QED) is 0.607. The molecular formula is C24H30ClN3O2. The highest BCUT2D eigenvalue weighted by molar-refractivity contribution is 6.30. The number of carbonyl (C=O) groups excluding carboxylic acids is 2.